The van der Waals surface area contributed by atoms with Gasteiger partial charge in [0.15, 0.2) is 0 Å². The van der Waals surface area contributed by atoms with Crippen LogP contribution in [0.3, 0.4) is 0 Å². The second kappa shape index (κ2) is 6.96. The molecule has 5 heteroatoms. The third kappa shape index (κ3) is 3.79. The van der Waals surface area contributed by atoms with Crippen LogP contribution in [0, 0.1) is 0 Å². The molecule has 120 valence electrons. The molecule has 1 aliphatic rings. The first-order valence-electron chi connectivity index (χ1n) is 7.55. The number of fused-ring (bicyclic) bond motifs is 1. The molecule has 2 unspecified atom stereocenters. The largest absolute Gasteiger partial charge is 0.493 e. The topological polar surface area (TPSA) is 55.4 Å². The van der Waals surface area contributed by atoms with Crippen LogP contribution >= 0.6 is 0 Å². The summed E-state index contributed by atoms with van der Waals surface area (Å²) in [5.74, 6) is 1.18. The van der Waals surface area contributed by atoms with E-state index in [1.165, 1.54) is 0 Å². The van der Waals surface area contributed by atoms with Gasteiger partial charge in [-0.2, -0.15) is 0 Å². The van der Waals surface area contributed by atoms with Gasteiger partial charge in [-0.1, -0.05) is 30.3 Å². The van der Waals surface area contributed by atoms with E-state index in [0.717, 1.165) is 23.3 Å². The Bertz CT molecular complexity index is 745. The van der Waals surface area contributed by atoms with Crippen molar-refractivity contribution in [3.05, 3.63) is 65.2 Å². The molecule has 2 aromatic rings. The summed E-state index contributed by atoms with van der Waals surface area (Å²) in [7, 11) is -0.922. The summed E-state index contributed by atoms with van der Waals surface area (Å²) in [6.45, 7) is 0.594. The van der Waals surface area contributed by atoms with Gasteiger partial charge in [-0.3, -0.25) is 9.00 Å². The zero-order valence-electron chi connectivity index (χ0n) is 13.0. The molecule has 0 aliphatic carbocycles. The lowest BCUT2D eigenvalue weighted by atomic mass is 10.00. The number of rotatable bonds is 4. The van der Waals surface area contributed by atoms with Crippen molar-refractivity contribution in [2.75, 3.05) is 12.9 Å². The van der Waals surface area contributed by atoms with E-state index in [-0.39, 0.29) is 11.9 Å². The van der Waals surface area contributed by atoms with Crippen molar-refractivity contribution in [2.45, 2.75) is 18.2 Å². The van der Waals surface area contributed by atoms with Gasteiger partial charge in [-0.25, -0.2) is 0 Å². The van der Waals surface area contributed by atoms with Crippen molar-refractivity contribution in [2.24, 2.45) is 0 Å². The summed E-state index contributed by atoms with van der Waals surface area (Å²) in [4.78, 5) is 12.5. The smallest absolute Gasteiger partial charge is 0.251 e. The Labute approximate surface area is 138 Å². The second-order valence-corrected chi connectivity index (χ2v) is 7.05. The second-order valence-electron chi connectivity index (χ2n) is 5.62. The van der Waals surface area contributed by atoms with Crippen molar-refractivity contribution in [3.8, 4) is 5.75 Å². The summed E-state index contributed by atoms with van der Waals surface area (Å²) in [6, 6.07) is 15.0. The summed E-state index contributed by atoms with van der Waals surface area (Å²) in [6.07, 6.45) is 2.41. The SMILES string of the molecule is CS(=O)Cc1cccc(C(=O)NC2CCOc3ccccc32)c1. The lowest BCUT2D eigenvalue weighted by Gasteiger charge is -2.26. The first kappa shape index (κ1) is 15.7. The number of benzene rings is 2. The molecular weight excluding hydrogens is 310 g/mol. The van der Waals surface area contributed by atoms with Gasteiger partial charge in [-0.15, -0.1) is 0 Å². The van der Waals surface area contributed by atoms with Gasteiger partial charge in [0.25, 0.3) is 5.91 Å². The van der Waals surface area contributed by atoms with E-state index in [1.807, 2.05) is 42.5 Å². The average molecular weight is 329 g/mol. The predicted molar refractivity (Wildman–Crippen MR) is 91.0 cm³/mol. The highest BCUT2D eigenvalue weighted by molar-refractivity contribution is 7.83. The van der Waals surface area contributed by atoms with Crippen molar-refractivity contribution < 1.29 is 13.7 Å². The lowest BCUT2D eigenvalue weighted by Crippen LogP contribution is -2.32. The van der Waals surface area contributed by atoms with E-state index in [1.54, 1.807) is 12.3 Å². The molecule has 2 aromatic carbocycles. The fourth-order valence-corrected chi connectivity index (χ4v) is 3.42. The zero-order chi connectivity index (χ0) is 16.2. The van der Waals surface area contributed by atoms with Crippen LogP contribution in [0.25, 0.3) is 0 Å². The van der Waals surface area contributed by atoms with E-state index >= 15 is 0 Å². The van der Waals surface area contributed by atoms with Crippen LogP contribution in [-0.4, -0.2) is 23.0 Å². The Morgan fingerprint density at radius 3 is 2.91 bits per heavy atom. The molecule has 0 bridgehead atoms. The zero-order valence-corrected chi connectivity index (χ0v) is 13.8. The molecule has 3 rings (SSSR count). The molecule has 0 aromatic heterocycles. The van der Waals surface area contributed by atoms with Crippen LogP contribution in [0.4, 0.5) is 0 Å². The number of ether oxygens (including phenoxy) is 1. The number of para-hydroxylation sites is 1. The van der Waals surface area contributed by atoms with E-state index in [0.29, 0.717) is 17.9 Å². The van der Waals surface area contributed by atoms with Crippen molar-refractivity contribution in [1.82, 2.24) is 5.32 Å². The molecule has 0 spiro atoms. The van der Waals surface area contributed by atoms with Gasteiger partial charge >= 0.3 is 0 Å². The number of hydrogen-bond acceptors (Lipinski definition) is 3. The van der Waals surface area contributed by atoms with Gasteiger partial charge in [-0.05, 0) is 23.8 Å². The first-order chi connectivity index (χ1) is 11.1. The first-order valence-corrected chi connectivity index (χ1v) is 9.28. The Morgan fingerprint density at radius 2 is 2.09 bits per heavy atom. The summed E-state index contributed by atoms with van der Waals surface area (Å²) in [5, 5.41) is 3.08. The Hall–Kier alpha value is -2.14. The standard InChI is InChI=1S/C18H19NO3S/c1-23(21)12-13-5-4-6-14(11-13)18(20)19-16-9-10-22-17-8-3-2-7-15(16)17/h2-8,11,16H,9-10,12H2,1H3,(H,19,20). The van der Waals surface area contributed by atoms with E-state index in [2.05, 4.69) is 5.32 Å². The number of hydrogen-bond donors (Lipinski definition) is 1. The van der Waals surface area contributed by atoms with Crippen LogP contribution in [0.2, 0.25) is 0 Å². The normalized spacial score (nSPS) is 17.7. The van der Waals surface area contributed by atoms with E-state index in [4.69, 9.17) is 4.74 Å². The molecule has 0 fully saturated rings. The molecule has 1 aliphatic heterocycles. The Morgan fingerprint density at radius 1 is 1.26 bits per heavy atom. The van der Waals surface area contributed by atoms with Crippen LogP contribution in [0.15, 0.2) is 48.5 Å². The highest BCUT2D eigenvalue weighted by Gasteiger charge is 2.23. The van der Waals surface area contributed by atoms with Gasteiger partial charge in [0.05, 0.1) is 12.6 Å². The molecule has 0 radical (unpaired) electrons. The van der Waals surface area contributed by atoms with Crippen LogP contribution in [0.1, 0.15) is 33.9 Å². The summed E-state index contributed by atoms with van der Waals surface area (Å²) < 4.78 is 17.0. The number of carbonyl (C=O) groups excluding carboxylic acids is 1. The van der Waals surface area contributed by atoms with Crippen LogP contribution in [0.5, 0.6) is 5.75 Å². The molecule has 1 heterocycles. The third-order valence-corrected chi connectivity index (χ3v) is 4.56. The van der Waals surface area contributed by atoms with Crippen molar-refractivity contribution in [1.29, 1.82) is 0 Å². The molecule has 0 saturated carbocycles. The molecular formula is C18H19NO3S. The monoisotopic (exact) mass is 329 g/mol. The quantitative estimate of drug-likeness (QED) is 0.938. The molecule has 0 saturated heterocycles. The predicted octanol–water partition coefficient (Wildman–Crippen LogP) is 2.82. The lowest BCUT2D eigenvalue weighted by molar-refractivity contribution is 0.0924. The maximum absolute atomic E-state index is 12.5. The van der Waals surface area contributed by atoms with E-state index < -0.39 is 10.8 Å². The fraction of sp³-hybridized carbons (Fsp3) is 0.278. The van der Waals surface area contributed by atoms with Gasteiger partial charge in [0.2, 0.25) is 0 Å². The number of amides is 1. The Kier molecular flexibility index (Phi) is 4.76. The van der Waals surface area contributed by atoms with Crippen LogP contribution in [-0.2, 0) is 16.6 Å². The molecule has 23 heavy (non-hydrogen) atoms. The molecule has 2 atom stereocenters. The highest BCUT2D eigenvalue weighted by atomic mass is 32.2. The van der Waals surface area contributed by atoms with E-state index in [9.17, 15) is 9.00 Å². The third-order valence-electron chi connectivity index (χ3n) is 3.82. The molecule has 4 nitrogen and oxygen atoms in total. The summed E-state index contributed by atoms with van der Waals surface area (Å²) >= 11 is 0. The maximum atomic E-state index is 12.5. The summed E-state index contributed by atoms with van der Waals surface area (Å²) in [5.41, 5.74) is 2.51. The average Bonchev–Trinajstić information content (AvgIpc) is 2.55. The number of carbonyl (C=O) groups is 1. The van der Waals surface area contributed by atoms with Gasteiger partial charge in [0.1, 0.15) is 5.75 Å². The van der Waals surface area contributed by atoms with Crippen molar-refractivity contribution in [3.63, 3.8) is 0 Å². The fourth-order valence-electron chi connectivity index (χ4n) is 2.77. The minimum Gasteiger partial charge on any atom is -0.493 e. The Balaban J connectivity index is 1.76. The molecule has 1 N–H and O–H groups in total. The maximum Gasteiger partial charge on any atom is 0.251 e. The van der Waals surface area contributed by atoms with Crippen molar-refractivity contribution >= 4 is 16.7 Å². The van der Waals surface area contributed by atoms with Gasteiger partial charge < -0.3 is 10.1 Å². The molecule has 1 amide bonds. The minimum atomic E-state index is -0.922. The minimum absolute atomic E-state index is 0.0450. The van der Waals surface area contributed by atoms with Crippen LogP contribution < -0.4 is 10.1 Å². The number of nitrogens with one attached hydrogen (secondary N) is 1. The highest BCUT2D eigenvalue weighted by Crippen LogP contribution is 2.31. The van der Waals surface area contributed by atoms with Gasteiger partial charge in [0, 0.05) is 40.4 Å².